The molecule has 0 radical (unpaired) electrons. The maximum atomic E-state index is 12.5. The average Bonchev–Trinajstić information content (AvgIpc) is 3.14. The summed E-state index contributed by atoms with van der Waals surface area (Å²) >= 11 is 0. The third kappa shape index (κ3) is 38.5. The van der Waals surface area contributed by atoms with Crippen LogP contribution in [0, 0.1) is 0 Å². The van der Waals surface area contributed by atoms with Gasteiger partial charge in [-0.1, -0.05) is 124 Å². The second kappa shape index (κ2) is 38.6. The number of hydrogen-bond acceptors (Lipinski definition) is 8. The Labute approximate surface area is 321 Å². The number of carbonyl (C=O) groups is 2. The van der Waals surface area contributed by atoms with E-state index < -0.39 is 32.5 Å². The van der Waals surface area contributed by atoms with Gasteiger partial charge in [-0.05, 0) is 89.9 Å². The zero-order valence-corrected chi connectivity index (χ0v) is 33.6. The Bertz CT molecular complexity index is 1180. The predicted octanol–water partition coefficient (Wildman–Crippen LogP) is 11.0. The summed E-state index contributed by atoms with van der Waals surface area (Å²) in [6.07, 6.45) is 48.8. The van der Waals surface area contributed by atoms with Gasteiger partial charge in [-0.15, -0.1) is 0 Å². The van der Waals surface area contributed by atoms with Gasteiger partial charge in [0.15, 0.2) is 6.10 Å². The van der Waals surface area contributed by atoms with Gasteiger partial charge < -0.3 is 20.1 Å². The van der Waals surface area contributed by atoms with E-state index in [1.54, 1.807) is 0 Å². The predicted molar refractivity (Wildman–Crippen MR) is 219 cm³/mol. The molecule has 0 aliphatic heterocycles. The molecule has 0 fully saturated rings. The number of phosphoric acid groups is 1. The first-order chi connectivity index (χ1) is 25.8. The van der Waals surface area contributed by atoms with Gasteiger partial charge in [-0.25, -0.2) is 4.57 Å². The monoisotopic (exact) mass is 759 g/mol. The van der Waals surface area contributed by atoms with E-state index in [0.29, 0.717) is 19.3 Å². The maximum Gasteiger partial charge on any atom is 0.472 e. The zero-order chi connectivity index (χ0) is 38.9. The quantitative estimate of drug-likeness (QED) is 0.0280. The van der Waals surface area contributed by atoms with Crippen LogP contribution in [0.4, 0.5) is 0 Å². The second-order valence-electron chi connectivity index (χ2n) is 12.4. The minimum Gasteiger partial charge on any atom is -0.462 e. The van der Waals surface area contributed by atoms with Gasteiger partial charge in [-0.2, -0.15) is 0 Å². The molecule has 2 atom stereocenters. The molecule has 0 bridgehead atoms. The minimum absolute atomic E-state index is 0.0335. The van der Waals surface area contributed by atoms with Gasteiger partial charge in [0.1, 0.15) is 6.61 Å². The smallest absolute Gasteiger partial charge is 0.462 e. The van der Waals surface area contributed by atoms with Crippen LogP contribution in [0.2, 0.25) is 0 Å². The van der Waals surface area contributed by atoms with E-state index >= 15 is 0 Å². The first-order valence-corrected chi connectivity index (χ1v) is 21.2. The molecule has 0 rings (SSSR count). The molecule has 0 aromatic rings. The van der Waals surface area contributed by atoms with Gasteiger partial charge >= 0.3 is 19.8 Å². The molecule has 0 aliphatic rings. The fourth-order valence-electron chi connectivity index (χ4n) is 4.56. The molecule has 0 spiro atoms. The van der Waals surface area contributed by atoms with E-state index in [9.17, 15) is 19.0 Å². The van der Waals surface area contributed by atoms with E-state index in [1.165, 1.54) is 19.3 Å². The van der Waals surface area contributed by atoms with Gasteiger partial charge in [0.25, 0.3) is 0 Å². The Hall–Kier alpha value is -3.07. The molecule has 0 saturated carbocycles. The standard InChI is InChI=1S/C43H70NO8P/c1-3-5-7-9-11-13-15-17-19-20-22-24-26-28-30-32-34-36-43(46)52-41(40-51-53(47,48)50-38-37-44)39-49-42(45)35-33-31-29-27-25-23-21-18-16-14-12-10-8-6-4-2/h5,7,11-14,17-19,21-22,24-25,27-28,30,41H,3-4,6,8-10,15-16,20,23,26,29,31-40,44H2,1-2H3,(H,47,48). The normalized spacial score (nSPS) is 14.4. The molecule has 10 heteroatoms. The lowest BCUT2D eigenvalue weighted by molar-refractivity contribution is -0.161. The van der Waals surface area contributed by atoms with Crippen LogP contribution in [-0.4, -0.2) is 49.3 Å². The molecule has 3 N–H and O–H groups in total. The molecular formula is C43H70NO8P. The largest absolute Gasteiger partial charge is 0.472 e. The van der Waals surface area contributed by atoms with E-state index in [2.05, 4.69) is 105 Å². The first kappa shape index (κ1) is 49.9. The van der Waals surface area contributed by atoms with Crippen LogP contribution < -0.4 is 5.73 Å². The molecule has 2 unspecified atom stereocenters. The highest BCUT2D eigenvalue weighted by Gasteiger charge is 2.25. The highest BCUT2D eigenvalue weighted by molar-refractivity contribution is 7.47. The van der Waals surface area contributed by atoms with Crippen molar-refractivity contribution in [1.29, 1.82) is 0 Å². The molecule has 9 nitrogen and oxygen atoms in total. The fraction of sp³-hybridized carbons (Fsp3) is 0.581. The van der Waals surface area contributed by atoms with Crippen molar-refractivity contribution in [2.75, 3.05) is 26.4 Å². The van der Waals surface area contributed by atoms with Crippen molar-refractivity contribution >= 4 is 19.8 Å². The van der Waals surface area contributed by atoms with Crippen LogP contribution >= 0.6 is 7.82 Å². The van der Waals surface area contributed by atoms with Crippen LogP contribution in [0.1, 0.15) is 129 Å². The number of carbonyl (C=O) groups excluding carboxylic acids is 2. The molecule has 0 heterocycles. The highest BCUT2D eigenvalue weighted by Crippen LogP contribution is 2.43. The molecule has 300 valence electrons. The number of allylic oxidation sites excluding steroid dienone is 16. The number of esters is 2. The van der Waals surface area contributed by atoms with Crippen molar-refractivity contribution in [2.45, 2.75) is 136 Å². The lowest BCUT2D eigenvalue weighted by Gasteiger charge is -2.19. The SMILES string of the molecule is CCC=CCC=CCC=CCC=CCC=CCCCC(=O)OC(COC(=O)CCCCC=CCC=CCC=CCCCCC)COP(=O)(O)OCCN. The van der Waals surface area contributed by atoms with Crippen molar-refractivity contribution in [3.63, 3.8) is 0 Å². The number of ether oxygens (including phenoxy) is 2. The third-order valence-corrected chi connectivity index (χ3v) is 8.44. The molecule has 53 heavy (non-hydrogen) atoms. The van der Waals surface area contributed by atoms with Crippen molar-refractivity contribution in [1.82, 2.24) is 0 Å². The lowest BCUT2D eigenvalue weighted by Crippen LogP contribution is -2.29. The van der Waals surface area contributed by atoms with Crippen LogP contribution in [0.25, 0.3) is 0 Å². The van der Waals surface area contributed by atoms with Crippen LogP contribution in [0.15, 0.2) is 97.2 Å². The van der Waals surface area contributed by atoms with Crippen molar-refractivity contribution in [3.8, 4) is 0 Å². The fourth-order valence-corrected chi connectivity index (χ4v) is 5.32. The summed E-state index contributed by atoms with van der Waals surface area (Å²) in [7, 11) is -4.40. The zero-order valence-electron chi connectivity index (χ0n) is 32.7. The summed E-state index contributed by atoms with van der Waals surface area (Å²) in [6.45, 7) is 3.44. The topological polar surface area (TPSA) is 134 Å². The highest BCUT2D eigenvalue weighted by atomic mass is 31.2. The average molecular weight is 760 g/mol. The van der Waals surface area contributed by atoms with Gasteiger partial charge in [0.05, 0.1) is 13.2 Å². The second-order valence-corrected chi connectivity index (χ2v) is 13.9. The van der Waals surface area contributed by atoms with E-state index in [-0.39, 0.29) is 32.6 Å². The number of hydrogen-bond donors (Lipinski definition) is 2. The molecule has 0 amide bonds. The van der Waals surface area contributed by atoms with E-state index in [1.807, 2.05) is 6.08 Å². The number of rotatable bonds is 35. The molecular weight excluding hydrogens is 689 g/mol. The summed E-state index contributed by atoms with van der Waals surface area (Å²) < 4.78 is 32.6. The summed E-state index contributed by atoms with van der Waals surface area (Å²) in [5.41, 5.74) is 5.33. The summed E-state index contributed by atoms with van der Waals surface area (Å²) in [4.78, 5) is 34.7. The van der Waals surface area contributed by atoms with E-state index in [0.717, 1.165) is 64.2 Å². The summed E-state index contributed by atoms with van der Waals surface area (Å²) in [6, 6.07) is 0. The Morgan fingerprint density at radius 2 is 1.04 bits per heavy atom. The van der Waals surface area contributed by atoms with Crippen LogP contribution in [0.5, 0.6) is 0 Å². The minimum atomic E-state index is -4.40. The molecule has 0 aliphatic carbocycles. The molecule has 0 saturated heterocycles. The summed E-state index contributed by atoms with van der Waals surface area (Å²) in [5.74, 6) is -0.955. The summed E-state index contributed by atoms with van der Waals surface area (Å²) in [5, 5.41) is 0. The van der Waals surface area contributed by atoms with Crippen LogP contribution in [0.3, 0.4) is 0 Å². The lowest BCUT2D eigenvalue weighted by atomic mass is 10.1. The Morgan fingerprint density at radius 1 is 0.585 bits per heavy atom. The van der Waals surface area contributed by atoms with Crippen molar-refractivity contribution in [2.24, 2.45) is 5.73 Å². The molecule has 0 aromatic heterocycles. The van der Waals surface area contributed by atoms with Crippen LogP contribution in [-0.2, 0) is 32.7 Å². The molecule has 0 aromatic carbocycles. The van der Waals surface area contributed by atoms with Crippen molar-refractivity contribution in [3.05, 3.63) is 97.2 Å². The number of unbranched alkanes of at least 4 members (excludes halogenated alkanes) is 6. The Balaban J connectivity index is 4.41. The maximum absolute atomic E-state index is 12.5. The van der Waals surface area contributed by atoms with Gasteiger partial charge in [0, 0.05) is 19.4 Å². The number of nitrogens with two attached hydrogens (primary N) is 1. The Kier molecular flexibility index (Phi) is 36.4. The third-order valence-electron chi connectivity index (χ3n) is 7.45. The van der Waals surface area contributed by atoms with E-state index in [4.69, 9.17) is 24.3 Å². The van der Waals surface area contributed by atoms with Crippen molar-refractivity contribution < 1.29 is 37.6 Å². The first-order valence-electron chi connectivity index (χ1n) is 19.7. The van der Waals surface area contributed by atoms with Gasteiger partial charge in [-0.3, -0.25) is 18.6 Å². The van der Waals surface area contributed by atoms with Gasteiger partial charge in [0.2, 0.25) is 0 Å². The Morgan fingerprint density at radius 3 is 1.53 bits per heavy atom. The number of phosphoric ester groups is 1.